The molecule has 0 aliphatic rings. The quantitative estimate of drug-likeness (QED) is 0.0198. The van der Waals surface area contributed by atoms with E-state index in [9.17, 15) is 33.6 Å². The van der Waals surface area contributed by atoms with Crippen LogP contribution in [-0.4, -0.2) is 158 Å². The lowest BCUT2D eigenvalue weighted by atomic mass is 9.90. The van der Waals surface area contributed by atoms with E-state index in [1.807, 2.05) is 0 Å². The number of carbonyl (C=O) groups excluding carboxylic acids is 7. The molecule has 0 N–H and O–H groups in total. The van der Waals surface area contributed by atoms with Gasteiger partial charge in [0.15, 0.2) is 5.12 Å². The summed E-state index contributed by atoms with van der Waals surface area (Å²) in [6.45, 7) is -3.46. The van der Waals surface area contributed by atoms with E-state index in [1.165, 1.54) is 21.3 Å². The van der Waals surface area contributed by atoms with Crippen LogP contribution in [0.15, 0.2) is 0 Å². The number of unbranched alkanes of at least 4 members (excludes halogenated alkanes) is 1. The zero-order chi connectivity index (χ0) is 45.3. The summed E-state index contributed by atoms with van der Waals surface area (Å²) in [5, 5.41) is -0.121. The third kappa shape index (κ3) is 27.0. The first kappa shape index (κ1) is 58.6. The molecule has 0 radical (unpaired) electrons. The average Bonchev–Trinajstić information content (AvgIpc) is 3.22. The van der Waals surface area contributed by atoms with E-state index in [2.05, 4.69) is 63.1 Å². The van der Waals surface area contributed by atoms with Crippen molar-refractivity contribution in [3.05, 3.63) is 0 Å². The first-order chi connectivity index (χ1) is 28.7. The van der Waals surface area contributed by atoms with Gasteiger partial charge < -0.3 is 46.4 Å². The molecule has 0 bridgehead atoms. The van der Waals surface area contributed by atoms with Crippen molar-refractivity contribution in [2.45, 2.75) is 63.8 Å². The zero-order valence-electron chi connectivity index (χ0n) is 34.6. The number of hydrogen-bond donors (Lipinski definition) is 5. The topological polar surface area (TPSA) is 212 Å². The van der Waals surface area contributed by atoms with Crippen LogP contribution in [0, 0.1) is 10.8 Å². The van der Waals surface area contributed by atoms with Gasteiger partial charge in [0, 0.05) is 68.3 Å². The highest BCUT2D eigenvalue weighted by Gasteiger charge is 2.41. The van der Waals surface area contributed by atoms with Crippen LogP contribution in [0.5, 0.6) is 0 Å². The summed E-state index contributed by atoms with van der Waals surface area (Å²) in [5.74, 6) is -2.85. The van der Waals surface area contributed by atoms with Gasteiger partial charge in [0.05, 0.1) is 62.6 Å². The molecule has 0 saturated heterocycles. The molecule has 0 saturated carbocycles. The lowest BCUT2D eigenvalue weighted by molar-refractivity contribution is -0.174. The molecular formula is C36H62O17S6Si. The summed E-state index contributed by atoms with van der Waals surface area (Å²) in [6, 6.07) is 0.540. The Bertz CT molecular complexity index is 1210. The molecule has 60 heavy (non-hydrogen) atoms. The third-order valence-electron chi connectivity index (χ3n) is 8.25. The van der Waals surface area contributed by atoms with E-state index in [1.54, 1.807) is 0 Å². The Hall–Kier alpha value is -1.35. The average molecular weight is 987 g/mol. The van der Waals surface area contributed by atoms with Gasteiger partial charge in [0.1, 0.15) is 39.6 Å². The van der Waals surface area contributed by atoms with Crippen LogP contribution in [0.1, 0.15) is 57.8 Å². The van der Waals surface area contributed by atoms with Crippen LogP contribution in [-0.2, 0) is 80.0 Å². The Kier molecular flexibility index (Phi) is 34.3. The van der Waals surface area contributed by atoms with Crippen molar-refractivity contribution < 1.29 is 80.0 Å². The summed E-state index contributed by atoms with van der Waals surface area (Å²) in [5.41, 5.74) is -2.98. The molecule has 0 rings (SSSR count). The molecule has 0 spiro atoms. The largest absolute Gasteiger partial charge is 0.500 e. The molecule has 0 aromatic carbocycles. The second kappa shape index (κ2) is 35.1. The molecule has 348 valence electrons. The molecule has 0 unspecified atom stereocenters. The highest BCUT2D eigenvalue weighted by atomic mass is 32.2. The number of hydrogen-bond acceptors (Lipinski definition) is 23. The SMILES string of the molecule is CO[Si](CCCCC(=O)SCCC(=O)OCC(COCC(COC(=O)CCS)(COC(=O)CCS)COC(=O)CCS)(COC(=O)CCS)COC(=O)CCS)(OC)OC. The number of rotatable bonds is 37. The summed E-state index contributed by atoms with van der Waals surface area (Å²) in [6.07, 6.45) is 1.05. The molecule has 0 aromatic heterocycles. The summed E-state index contributed by atoms with van der Waals surface area (Å²) >= 11 is 21.3. The lowest BCUT2D eigenvalue weighted by Crippen LogP contribution is -2.47. The summed E-state index contributed by atoms with van der Waals surface area (Å²) in [7, 11) is 1.80. The molecule has 0 aliphatic heterocycles. The number of esters is 6. The fourth-order valence-electron chi connectivity index (χ4n) is 4.76. The van der Waals surface area contributed by atoms with E-state index < -0.39 is 108 Å². The number of thioether (sulfide) groups is 1. The molecule has 0 amide bonds. The minimum Gasteiger partial charge on any atom is -0.465 e. The number of carbonyl (C=O) groups is 7. The van der Waals surface area contributed by atoms with Crippen molar-refractivity contribution in [3.8, 4) is 0 Å². The van der Waals surface area contributed by atoms with Gasteiger partial charge in [0.25, 0.3) is 0 Å². The molecule has 0 aromatic rings. The van der Waals surface area contributed by atoms with Crippen molar-refractivity contribution in [1.82, 2.24) is 0 Å². The van der Waals surface area contributed by atoms with Crippen LogP contribution in [0.2, 0.25) is 6.04 Å². The van der Waals surface area contributed by atoms with Crippen LogP contribution in [0.25, 0.3) is 0 Å². The molecule has 0 heterocycles. The summed E-state index contributed by atoms with van der Waals surface area (Å²) < 4.78 is 55.4. The van der Waals surface area contributed by atoms with Crippen LogP contribution < -0.4 is 0 Å². The number of thiol groups is 5. The predicted molar refractivity (Wildman–Crippen MR) is 241 cm³/mol. The van der Waals surface area contributed by atoms with E-state index in [0.717, 1.165) is 11.8 Å². The van der Waals surface area contributed by atoms with Gasteiger partial charge >= 0.3 is 44.6 Å². The molecule has 24 heteroatoms. The van der Waals surface area contributed by atoms with E-state index in [0.29, 0.717) is 18.9 Å². The second-order valence-electron chi connectivity index (χ2n) is 13.3. The van der Waals surface area contributed by atoms with Gasteiger partial charge in [-0.1, -0.05) is 11.8 Å². The van der Waals surface area contributed by atoms with Gasteiger partial charge in [-0.2, -0.15) is 63.1 Å². The van der Waals surface area contributed by atoms with Gasteiger partial charge in [-0.25, -0.2) is 0 Å². The first-order valence-electron chi connectivity index (χ1n) is 19.0. The molecule has 0 aliphatic carbocycles. The minimum absolute atomic E-state index is 0.0458. The Balaban J connectivity index is 6.28. The first-order valence-corrected chi connectivity index (χ1v) is 25.1. The maximum Gasteiger partial charge on any atom is 0.500 e. The van der Waals surface area contributed by atoms with Gasteiger partial charge in [-0.15, -0.1) is 0 Å². The normalized spacial score (nSPS) is 11.7. The van der Waals surface area contributed by atoms with Crippen molar-refractivity contribution >= 4 is 125 Å². The Labute approximate surface area is 385 Å². The Morgan fingerprint density at radius 3 is 1.02 bits per heavy atom. The van der Waals surface area contributed by atoms with Gasteiger partial charge in [0.2, 0.25) is 0 Å². The third-order valence-corrected chi connectivity index (χ3v) is 13.1. The van der Waals surface area contributed by atoms with Crippen molar-refractivity contribution in [1.29, 1.82) is 0 Å². The Morgan fingerprint density at radius 2 is 0.733 bits per heavy atom. The summed E-state index contributed by atoms with van der Waals surface area (Å²) in [4.78, 5) is 88.1. The molecular weight excluding hydrogens is 925 g/mol. The fourth-order valence-corrected chi connectivity index (χ4v) is 8.26. The Morgan fingerprint density at radius 1 is 0.433 bits per heavy atom. The standard InChI is InChI=1S/C36H62O17S6Si/c1-44-60(45-2,46-3)19-5-4-6-34(43)59-18-12-33(42)53-27-36(25-51-31(40)10-16-57,26-52-32(41)11-17-58)21-47-20-35(22-48-28(37)7-13-54,23-49-29(38)8-14-55)24-50-30(39)9-15-56/h54-58H,4-27H2,1-3H3. The maximum atomic E-state index is 13.0. The van der Waals surface area contributed by atoms with Crippen LogP contribution in [0.4, 0.5) is 0 Å². The van der Waals surface area contributed by atoms with Crippen LogP contribution >= 0.6 is 74.9 Å². The van der Waals surface area contributed by atoms with Gasteiger partial charge in [-0.05, 0) is 12.8 Å². The lowest BCUT2D eigenvalue weighted by Gasteiger charge is -2.35. The highest BCUT2D eigenvalue weighted by Crippen LogP contribution is 2.27. The predicted octanol–water partition coefficient (Wildman–Crippen LogP) is 3.53. The molecule has 0 atom stereocenters. The van der Waals surface area contributed by atoms with E-state index in [-0.39, 0.29) is 84.6 Å². The van der Waals surface area contributed by atoms with Crippen molar-refractivity contribution in [2.75, 3.05) is 109 Å². The van der Waals surface area contributed by atoms with E-state index in [4.69, 9.17) is 46.4 Å². The van der Waals surface area contributed by atoms with Crippen molar-refractivity contribution in [3.63, 3.8) is 0 Å². The molecule has 0 fully saturated rings. The minimum atomic E-state index is -2.75. The highest BCUT2D eigenvalue weighted by molar-refractivity contribution is 8.13. The monoisotopic (exact) mass is 986 g/mol. The molecule has 17 nitrogen and oxygen atoms in total. The zero-order valence-corrected chi connectivity index (χ0v) is 40.8. The fraction of sp³-hybridized carbons (Fsp3) is 0.806. The second-order valence-corrected chi connectivity index (χ2v) is 19.8. The number of ether oxygens (including phenoxy) is 7. The van der Waals surface area contributed by atoms with Gasteiger partial charge in [-0.3, -0.25) is 33.6 Å². The van der Waals surface area contributed by atoms with E-state index >= 15 is 0 Å². The van der Waals surface area contributed by atoms with Crippen LogP contribution in [0.3, 0.4) is 0 Å². The maximum absolute atomic E-state index is 13.0. The van der Waals surface area contributed by atoms with Crippen molar-refractivity contribution in [2.24, 2.45) is 10.8 Å². The smallest absolute Gasteiger partial charge is 0.465 e.